The minimum Gasteiger partial charge on any atom is -0.388 e. The summed E-state index contributed by atoms with van der Waals surface area (Å²) in [7, 11) is 0. The van der Waals surface area contributed by atoms with Crippen LogP contribution in [0, 0.1) is 0 Å². The topological polar surface area (TPSA) is 58.9 Å². The molecule has 1 heterocycles. The van der Waals surface area contributed by atoms with E-state index in [2.05, 4.69) is 0 Å². The Bertz CT molecular complexity index is 770. The van der Waals surface area contributed by atoms with Gasteiger partial charge in [-0.05, 0) is 16.7 Å². The van der Waals surface area contributed by atoms with E-state index < -0.39 is 23.9 Å². The fraction of sp³-hybridized carbons (Fsp3) is 0.250. The second-order valence-corrected chi connectivity index (χ2v) is 7.02. The molecule has 4 rings (SSSR count). The summed E-state index contributed by atoms with van der Waals surface area (Å²) in [5, 5.41) is 20.0. The first-order chi connectivity index (χ1) is 13.7. The molecular weight excluding hydrogens is 352 g/mol. The molecule has 28 heavy (non-hydrogen) atoms. The molecule has 1 aliphatic rings. The zero-order valence-corrected chi connectivity index (χ0v) is 15.5. The van der Waals surface area contributed by atoms with Gasteiger partial charge in [-0.25, -0.2) is 0 Å². The van der Waals surface area contributed by atoms with Crippen molar-refractivity contribution < 1.29 is 19.7 Å². The van der Waals surface area contributed by atoms with Gasteiger partial charge in [-0.15, -0.1) is 0 Å². The second-order valence-electron chi connectivity index (χ2n) is 7.02. The van der Waals surface area contributed by atoms with Crippen LogP contribution in [0.4, 0.5) is 0 Å². The number of aliphatic hydroxyl groups excluding tert-OH is 2. The van der Waals surface area contributed by atoms with Crippen molar-refractivity contribution in [2.45, 2.75) is 23.9 Å². The maximum atomic E-state index is 10.2. The summed E-state index contributed by atoms with van der Waals surface area (Å²) in [5.41, 5.74) is 2.10. The second kappa shape index (κ2) is 8.25. The molecule has 0 saturated carbocycles. The van der Waals surface area contributed by atoms with E-state index in [-0.39, 0.29) is 13.2 Å². The molecule has 0 radical (unpaired) electrons. The standard InChI is InChI=1S/C24H24O4/c25-21-16-27-22(23(21)26)17-28-24(18-10-4-1-5-11-18,19-12-6-2-7-13-19)20-14-8-3-9-15-20/h1-15,21-23,25-26H,16-17H2. The van der Waals surface area contributed by atoms with Gasteiger partial charge >= 0.3 is 0 Å². The van der Waals surface area contributed by atoms with Gasteiger partial charge in [-0.2, -0.15) is 0 Å². The lowest BCUT2D eigenvalue weighted by molar-refractivity contribution is -0.0725. The van der Waals surface area contributed by atoms with Crippen LogP contribution in [0.1, 0.15) is 16.7 Å². The maximum absolute atomic E-state index is 10.2. The highest BCUT2D eigenvalue weighted by atomic mass is 16.6. The van der Waals surface area contributed by atoms with E-state index in [1.807, 2.05) is 91.0 Å². The third kappa shape index (κ3) is 3.48. The molecule has 0 amide bonds. The maximum Gasteiger partial charge on any atom is 0.143 e. The van der Waals surface area contributed by atoms with Gasteiger partial charge in [0, 0.05) is 0 Å². The Hall–Kier alpha value is -2.50. The number of benzene rings is 3. The average Bonchev–Trinajstić information content (AvgIpc) is 3.09. The Balaban J connectivity index is 1.81. The summed E-state index contributed by atoms with van der Waals surface area (Å²) in [6.07, 6.45) is -2.42. The fourth-order valence-electron chi connectivity index (χ4n) is 3.79. The van der Waals surface area contributed by atoms with Crippen molar-refractivity contribution in [3.8, 4) is 0 Å². The first-order valence-corrected chi connectivity index (χ1v) is 9.50. The molecule has 4 heteroatoms. The first-order valence-electron chi connectivity index (χ1n) is 9.50. The van der Waals surface area contributed by atoms with Gasteiger partial charge < -0.3 is 19.7 Å². The van der Waals surface area contributed by atoms with Crippen molar-refractivity contribution in [2.24, 2.45) is 0 Å². The van der Waals surface area contributed by atoms with Crippen LogP contribution in [0.3, 0.4) is 0 Å². The van der Waals surface area contributed by atoms with E-state index in [0.717, 1.165) is 16.7 Å². The van der Waals surface area contributed by atoms with Crippen LogP contribution in [0.25, 0.3) is 0 Å². The Kier molecular flexibility index (Phi) is 5.55. The number of hydrogen-bond donors (Lipinski definition) is 2. The highest BCUT2D eigenvalue weighted by Crippen LogP contribution is 2.40. The minimum atomic E-state index is -0.958. The molecule has 144 valence electrons. The molecule has 1 aliphatic heterocycles. The molecule has 0 spiro atoms. The molecule has 3 aromatic rings. The Labute approximate surface area is 165 Å². The van der Waals surface area contributed by atoms with E-state index in [1.165, 1.54) is 0 Å². The smallest absolute Gasteiger partial charge is 0.143 e. The van der Waals surface area contributed by atoms with Crippen LogP contribution < -0.4 is 0 Å². The Morgan fingerprint density at radius 3 is 1.54 bits per heavy atom. The van der Waals surface area contributed by atoms with Gasteiger partial charge in [-0.3, -0.25) is 0 Å². The van der Waals surface area contributed by atoms with Crippen molar-refractivity contribution in [1.29, 1.82) is 0 Å². The van der Waals surface area contributed by atoms with Crippen LogP contribution in [0.2, 0.25) is 0 Å². The predicted octanol–water partition coefficient (Wildman–Crippen LogP) is 3.12. The Morgan fingerprint density at radius 1 is 0.750 bits per heavy atom. The normalized spacial score (nSPS) is 22.3. The average molecular weight is 376 g/mol. The van der Waals surface area contributed by atoms with Gasteiger partial charge in [-0.1, -0.05) is 91.0 Å². The predicted molar refractivity (Wildman–Crippen MR) is 107 cm³/mol. The van der Waals surface area contributed by atoms with E-state index in [9.17, 15) is 10.2 Å². The summed E-state index contributed by atoms with van der Waals surface area (Å²) in [6.45, 7) is 0.265. The van der Waals surface area contributed by atoms with Crippen molar-refractivity contribution in [2.75, 3.05) is 13.2 Å². The van der Waals surface area contributed by atoms with E-state index in [1.54, 1.807) is 0 Å². The number of aliphatic hydroxyl groups is 2. The molecule has 1 saturated heterocycles. The van der Waals surface area contributed by atoms with Crippen LogP contribution in [0.15, 0.2) is 91.0 Å². The lowest BCUT2D eigenvalue weighted by atomic mass is 9.80. The zero-order valence-electron chi connectivity index (χ0n) is 15.5. The van der Waals surface area contributed by atoms with Gasteiger partial charge in [0.15, 0.2) is 0 Å². The molecule has 3 aromatic carbocycles. The number of rotatable bonds is 6. The summed E-state index contributed by atoms with van der Waals surface area (Å²) < 4.78 is 12.1. The molecule has 3 atom stereocenters. The molecule has 3 unspecified atom stereocenters. The molecular formula is C24H24O4. The van der Waals surface area contributed by atoms with Gasteiger partial charge in [0.25, 0.3) is 0 Å². The lowest BCUT2D eigenvalue weighted by Crippen LogP contribution is -2.39. The first kappa shape index (κ1) is 18.8. The molecule has 0 aromatic heterocycles. The van der Waals surface area contributed by atoms with Crippen molar-refractivity contribution in [3.63, 3.8) is 0 Å². The van der Waals surface area contributed by atoms with Gasteiger partial charge in [0.2, 0.25) is 0 Å². The van der Waals surface area contributed by atoms with Gasteiger partial charge in [0.05, 0.1) is 13.2 Å². The van der Waals surface area contributed by atoms with Crippen LogP contribution in [-0.2, 0) is 15.1 Å². The monoisotopic (exact) mass is 376 g/mol. The van der Waals surface area contributed by atoms with Crippen molar-refractivity contribution in [1.82, 2.24) is 0 Å². The molecule has 0 bridgehead atoms. The quantitative estimate of drug-likeness (QED) is 0.649. The number of ether oxygens (including phenoxy) is 2. The van der Waals surface area contributed by atoms with Crippen molar-refractivity contribution in [3.05, 3.63) is 108 Å². The summed E-state index contributed by atoms with van der Waals surface area (Å²) in [4.78, 5) is 0. The van der Waals surface area contributed by atoms with Crippen molar-refractivity contribution >= 4 is 0 Å². The van der Waals surface area contributed by atoms with Gasteiger partial charge in [0.1, 0.15) is 23.9 Å². The molecule has 0 aliphatic carbocycles. The van der Waals surface area contributed by atoms with E-state index >= 15 is 0 Å². The number of hydrogen-bond acceptors (Lipinski definition) is 4. The molecule has 2 N–H and O–H groups in total. The Morgan fingerprint density at radius 2 is 1.18 bits per heavy atom. The fourth-order valence-corrected chi connectivity index (χ4v) is 3.79. The summed E-state index contributed by atoms with van der Waals surface area (Å²) >= 11 is 0. The third-order valence-electron chi connectivity index (χ3n) is 5.26. The summed E-state index contributed by atoms with van der Waals surface area (Å²) in [6, 6.07) is 30.1. The molecule has 1 fully saturated rings. The van der Waals surface area contributed by atoms with Crippen LogP contribution in [-0.4, -0.2) is 41.7 Å². The van der Waals surface area contributed by atoms with E-state index in [0.29, 0.717) is 0 Å². The lowest BCUT2D eigenvalue weighted by Gasteiger charge is -2.37. The third-order valence-corrected chi connectivity index (χ3v) is 5.26. The van der Waals surface area contributed by atoms with E-state index in [4.69, 9.17) is 9.47 Å². The highest BCUT2D eigenvalue weighted by molar-refractivity contribution is 5.47. The molecule has 4 nitrogen and oxygen atoms in total. The van der Waals surface area contributed by atoms with Crippen LogP contribution >= 0.6 is 0 Å². The summed E-state index contributed by atoms with van der Waals surface area (Å²) in [5.74, 6) is 0. The zero-order chi connectivity index (χ0) is 19.4. The highest BCUT2D eigenvalue weighted by Gasteiger charge is 2.41. The minimum absolute atomic E-state index is 0.115. The largest absolute Gasteiger partial charge is 0.388 e. The van der Waals surface area contributed by atoms with Crippen LogP contribution in [0.5, 0.6) is 0 Å². The SMILES string of the molecule is OC1COC(COC(c2ccccc2)(c2ccccc2)c2ccccc2)C1O.